The molecule has 7 nitrogen and oxygen atoms in total. The number of amides is 1. The van der Waals surface area contributed by atoms with Crippen LogP contribution in [0.15, 0.2) is 53.4 Å². The minimum atomic E-state index is -3.28. The maximum atomic E-state index is 12.3. The lowest BCUT2D eigenvalue weighted by Crippen LogP contribution is -2.29. The smallest absolute Gasteiger partial charge is 0.273 e. The first-order valence-corrected chi connectivity index (χ1v) is 9.93. The molecule has 26 heavy (non-hydrogen) atoms. The van der Waals surface area contributed by atoms with Crippen LogP contribution in [-0.4, -0.2) is 25.5 Å². The highest BCUT2D eigenvalue weighted by atomic mass is 32.2. The van der Waals surface area contributed by atoms with Crippen LogP contribution < -0.4 is 5.32 Å². The van der Waals surface area contributed by atoms with Gasteiger partial charge in [0.1, 0.15) is 0 Å². The Hall–Kier alpha value is -2.74. The van der Waals surface area contributed by atoms with Gasteiger partial charge in [-0.3, -0.25) is 14.9 Å². The van der Waals surface area contributed by atoms with Gasteiger partial charge in [-0.2, -0.15) is 0 Å². The Kier molecular flexibility index (Phi) is 6.10. The van der Waals surface area contributed by atoms with Gasteiger partial charge in [0.25, 0.3) is 5.69 Å². The number of nitrogens with zero attached hydrogens (tertiary/aromatic N) is 1. The van der Waals surface area contributed by atoms with Crippen LogP contribution in [0.2, 0.25) is 0 Å². The molecule has 2 rings (SSSR count). The summed E-state index contributed by atoms with van der Waals surface area (Å²) in [5, 5.41) is 13.9. The van der Waals surface area contributed by atoms with E-state index in [1.54, 1.807) is 30.3 Å². The number of nitrogens with one attached hydrogen (secondary N) is 1. The van der Waals surface area contributed by atoms with E-state index in [1.807, 2.05) is 6.92 Å². The van der Waals surface area contributed by atoms with E-state index in [-0.39, 0.29) is 29.0 Å². The molecule has 0 saturated carbocycles. The number of sulfone groups is 1. The molecule has 1 amide bonds. The lowest BCUT2D eigenvalue weighted by Gasteiger charge is -2.18. The minimum absolute atomic E-state index is 0.0896. The molecule has 2 aromatic carbocycles. The summed E-state index contributed by atoms with van der Waals surface area (Å²) in [5.74, 6) is -0.335. The molecule has 0 radical (unpaired) electrons. The SMILES string of the molecule is CC[C@@H](NC(=O)Cc1ccccc1[N+](=O)[O-])c1ccc(S(C)(=O)=O)cc1. The quantitative estimate of drug-likeness (QED) is 0.591. The molecule has 0 aliphatic heterocycles. The molecule has 0 aromatic heterocycles. The predicted octanol–water partition coefficient (Wildman–Crippen LogP) is 2.81. The third kappa shape index (κ3) is 4.89. The highest BCUT2D eigenvalue weighted by molar-refractivity contribution is 7.90. The Labute approximate surface area is 152 Å². The molecule has 8 heteroatoms. The van der Waals surface area contributed by atoms with Crippen molar-refractivity contribution >= 4 is 21.4 Å². The fraction of sp³-hybridized carbons (Fsp3) is 0.278. The molecule has 0 heterocycles. The molecular formula is C18H20N2O5S. The number of carbonyl (C=O) groups is 1. The van der Waals surface area contributed by atoms with Gasteiger partial charge < -0.3 is 5.32 Å². The van der Waals surface area contributed by atoms with E-state index >= 15 is 0 Å². The fourth-order valence-corrected chi connectivity index (χ4v) is 3.26. The standard InChI is InChI=1S/C18H20N2O5S/c1-3-16(13-8-10-15(11-9-13)26(2,24)25)19-18(21)12-14-6-4-5-7-17(14)20(22)23/h4-11,16H,3,12H2,1-2H3,(H,19,21)/t16-/m1/s1. The number of benzene rings is 2. The second-order valence-corrected chi connectivity index (χ2v) is 7.95. The maximum absolute atomic E-state index is 12.3. The molecule has 0 fully saturated rings. The zero-order valence-electron chi connectivity index (χ0n) is 14.5. The van der Waals surface area contributed by atoms with Crippen molar-refractivity contribution in [2.24, 2.45) is 0 Å². The zero-order chi connectivity index (χ0) is 19.3. The van der Waals surface area contributed by atoms with Crippen molar-refractivity contribution in [3.63, 3.8) is 0 Å². The van der Waals surface area contributed by atoms with Crippen LogP contribution in [0.5, 0.6) is 0 Å². The van der Waals surface area contributed by atoms with E-state index in [0.29, 0.717) is 12.0 Å². The van der Waals surface area contributed by atoms with Crippen LogP contribution in [0.4, 0.5) is 5.69 Å². The zero-order valence-corrected chi connectivity index (χ0v) is 15.3. The van der Waals surface area contributed by atoms with Crippen molar-refractivity contribution in [2.75, 3.05) is 6.26 Å². The highest BCUT2D eigenvalue weighted by Gasteiger charge is 2.18. The average molecular weight is 376 g/mol. The Morgan fingerprint density at radius 2 is 1.77 bits per heavy atom. The molecule has 0 unspecified atom stereocenters. The Morgan fingerprint density at radius 3 is 2.31 bits per heavy atom. The first-order valence-electron chi connectivity index (χ1n) is 8.04. The van der Waals surface area contributed by atoms with Gasteiger partial charge >= 0.3 is 0 Å². The third-order valence-electron chi connectivity index (χ3n) is 3.99. The summed E-state index contributed by atoms with van der Waals surface area (Å²) >= 11 is 0. The Morgan fingerprint density at radius 1 is 1.15 bits per heavy atom. The number of hydrogen-bond donors (Lipinski definition) is 1. The van der Waals surface area contributed by atoms with Crippen LogP contribution in [0.1, 0.15) is 30.5 Å². The van der Waals surface area contributed by atoms with Gasteiger partial charge in [-0.05, 0) is 24.1 Å². The summed E-state index contributed by atoms with van der Waals surface area (Å²) < 4.78 is 23.1. The summed E-state index contributed by atoms with van der Waals surface area (Å²) in [5.41, 5.74) is 1.03. The van der Waals surface area contributed by atoms with E-state index in [0.717, 1.165) is 11.8 Å². The number of carbonyl (C=O) groups excluding carboxylic acids is 1. The van der Waals surface area contributed by atoms with Gasteiger partial charge in [0.05, 0.1) is 22.3 Å². The van der Waals surface area contributed by atoms with E-state index in [2.05, 4.69) is 5.32 Å². The summed E-state index contributed by atoms with van der Waals surface area (Å²) in [6, 6.07) is 12.1. The van der Waals surface area contributed by atoms with Crippen molar-refractivity contribution in [1.82, 2.24) is 5.32 Å². The fourth-order valence-electron chi connectivity index (χ4n) is 2.63. The molecule has 2 aromatic rings. The molecular weight excluding hydrogens is 356 g/mol. The van der Waals surface area contributed by atoms with E-state index in [9.17, 15) is 23.3 Å². The average Bonchev–Trinajstić information content (AvgIpc) is 2.59. The van der Waals surface area contributed by atoms with Gasteiger partial charge in [-0.15, -0.1) is 0 Å². The molecule has 0 aliphatic carbocycles. The number of para-hydroxylation sites is 1. The summed E-state index contributed by atoms with van der Waals surface area (Å²) in [6.07, 6.45) is 1.63. The maximum Gasteiger partial charge on any atom is 0.273 e. The number of hydrogen-bond acceptors (Lipinski definition) is 5. The van der Waals surface area contributed by atoms with E-state index in [1.165, 1.54) is 18.2 Å². The van der Waals surface area contributed by atoms with Crippen LogP contribution in [0.3, 0.4) is 0 Å². The number of rotatable bonds is 7. The predicted molar refractivity (Wildman–Crippen MR) is 97.5 cm³/mol. The first kappa shape index (κ1) is 19.6. The van der Waals surface area contributed by atoms with E-state index < -0.39 is 14.8 Å². The van der Waals surface area contributed by atoms with Gasteiger partial charge in [-0.1, -0.05) is 37.3 Å². The molecule has 1 N–H and O–H groups in total. The number of nitro groups is 1. The van der Waals surface area contributed by atoms with Crippen molar-refractivity contribution in [3.8, 4) is 0 Å². The topological polar surface area (TPSA) is 106 Å². The Bertz CT molecular complexity index is 907. The van der Waals surface area contributed by atoms with Crippen molar-refractivity contribution in [2.45, 2.75) is 30.7 Å². The molecule has 1 atom stereocenters. The normalized spacial score (nSPS) is 12.4. The number of nitro benzene ring substituents is 1. The molecule has 0 saturated heterocycles. The third-order valence-corrected chi connectivity index (χ3v) is 5.12. The summed E-state index contributed by atoms with van der Waals surface area (Å²) in [7, 11) is -3.28. The van der Waals surface area contributed by atoms with E-state index in [4.69, 9.17) is 0 Å². The lowest BCUT2D eigenvalue weighted by atomic mass is 10.0. The monoisotopic (exact) mass is 376 g/mol. The van der Waals surface area contributed by atoms with Crippen LogP contribution in [0, 0.1) is 10.1 Å². The molecule has 0 bridgehead atoms. The molecule has 0 aliphatic rings. The highest BCUT2D eigenvalue weighted by Crippen LogP contribution is 2.21. The van der Waals surface area contributed by atoms with Crippen LogP contribution >= 0.6 is 0 Å². The second kappa shape index (κ2) is 8.09. The van der Waals surface area contributed by atoms with Crippen molar-refractivity contribution < 1.29 is 18.1 Å². The Balaban J connectivity index is 2.13. The summed E-state index contributed by atoms with van der Waals surface area (Å²) in [4.78, 5) is 23.1. The van der Waals surface area contributed by atoms with Crippen molar-refractivity contribution in [3.05, 3.63) is 69.8 Å². The largest absolute Gasteiger partial charge is 0.349 e. The molecule has 0 spiro atoms. The lowest BCUT2D eigenvalue weighted by molar-refractivity contribution is -0.385. The van der Waals surface area contributed by atoms with Crippen LogP contribution in [0.25, 0.3) is 0 Å². The van der Waals surface area contributed by atoms with Gasteiger partial charge in [-0.25, -0.2) is 8.42 Å². The summed E-state index contributed by atoms with van der Waals surface area (Å²) in [6.45, 7) is 1.89. The minimum Gasteiger partial charge on any atom is -0.349 e. The first-order chi connectivity index (χ1) is 12.2. The van der Waals surface area contributed by atoms with Gasteiger partial charge in [0, 0.05) is 17.9 Å². The van der Waals surface area contributed by atoms with Crippen molar-refractivity contribution in [1.29, 1.82) is 0 Å². The van der Waals surface area contributed by atoms with Crippen LogP contribution in [-0.2, 0) is 21.1 Å². The second-order valence-electron chi connectivity index (χ2n) is 5.93. The molecule has 138 valence electrons. The van der Waals surface area contributed by atoms with Gasteiger partial charge in [0.2, 0.25) is 5.91 Å². The van der Waals surface area contributed by atoms with Gasteiger partial charge in [0.15, 0.2) is 9.84 Å².